The van der Waals surface area contributed by atoms with Crippen LogP contribution in [-0.2, 0) is 19.1 Å². The van der Waals surface area contributed by atoms with Gasteiger partial charge in [0.15, 0.2) is 6.61 Å². The van der Waals surface area contributed by atoms with Gasteiger partial charge in [-0.2, -0.15) is 0 Å². The highest BCUT2D eigenvalue weighted by Crippen LogP contribution is 2.12. The molecular formula is C21H21NO6. The first-order valence-electron chi connectivity index (χ1n) is 8.57. The summed E-state index contributed by atoms with van der Waals surface area (Å²) in [6.45, 7) is 1.58. The molecule has 0 bridgehead atoms. The minimum absolute atomic E-state index is 0.287. The molecule has 0 heterocycles. The van der Waals surface area contributed by atoms with Crippen molar-refractivity contribution in [2.45, 2.75) is 6.92 Å². The summed E-state index contributed by atoms with van der Waals surface area (Å²) >= 11 is 0. The Morgan fingerprint density at radius 3 is 2.25 bits per heavy atom. The van der Waals surface area contributed by atoms with Crippen molar-refractivity contribution in [2.24, 2.45) is 0 Å². The first-order chi connectivity index (χ1) is 13.5. The van der Waals surface area contributed by atoms with E-state index >= 15 is 0 Å². The van der Waals surface area contributed by atoms with Crippen LogP contribution in [0.2, 0.25) is 0 Å². The largest absolute Gasteiger partial charge is 0.497 e. The lowest BCUT2D eigenvalue weighted by molar-refractivity contribution is -0.142. The molecule has 28 heavy (non-hydrogen) atoms. The van der Waals surface area contributed by atoms with Gasteiger partial charge in [-0.05, 0) is 55.0 Å². The number of anilines is 1. The number of ether oxygens (including phenoxy) is 3. The zero-order chi connectivity index (χ0) is 20.4. The molecule has 0 saturated heterocycles. The zero-order valence-corrected chi connectivity index (χ0v) is 15.6. The van der Waals surface area contributed by atoms with E-state index in [1.54, 1.807) is 56.5 Å². The summed E-state index contributed by atoms with van der Waals surface area (Å²) < 4.78 is 14.8. The number of carbonyl (C=O) groups is 3. The highest BCUT2D eigenvalue weighted by Gasteiger charge is 2.08. The number of methoxy groups -OCH3 is 1. The van der Waals surface area contributed by atoms with Crippen LogP contribution in [0.15, 0.2) is 54.6 Å². The third-order valence-electron chi connectivity index (χ3n) is 3.55. The van der Waals surface area contributed by atoms with Gasteiger partial charge in [-0.3, -0.25) is 4.79 Å². The standard InChI is InChI=1S/C21H21NO6/c1-3-27-21(25)16-7-9-17(10-8-16)22-19(23)14-28-20(24)13-6-15-4-11-18(26-2)12-5-15/h4-13H,3,14H2,1-2H3,(H,22,23)/b13-6-. The maximum atomic E-state index is 11.9. The number of rotatable bonds is 8. The van der Waals surface area contributed by atoms with Gasteiger partial charge in [0.25, 0.3) is 5.91 Å². The van der Waals surface area contributed by atoms with Crippen LogP contribution < -0.4 is 10.1 Å². The predicted molar refractivity (Wildman–Crippen MR) is 104 cm³/mol. The van der Waals surface area contributed by atoms with Crippen molar-refractivity contribution >= 4 is 29.6 Å². The molecule has 1 N–H and O–H groups in total. The van der Waals surface area contributed by atoms with E-state index in [0.29, 0.717) is 17.0 Å². The monoisotopic (exact) mass is 383 g/mol. The Bertz CT molecular complexity index is 840. The molecule has 2 aromatic rings. The van der Waals surface area contributed by atoms with Crippen LogP contribution in [0, 0.1) is 0 Å². The second-order valence-corrected chi connectivity index (χ2v) is 5.56. The lowest BCUT2D eigenvalue weighted by Gasteiger charge is -2.06. The maximum Gasteiger partial charge on any atom is 0.338 e. The summed E-state index contributed by atoms with van der Waals surface area (Å²) in [4.78, 5) is 35.1. The molecule has 0 spiro atoms. The average molecular weight is 383 g/mol. The number of esters is 2. The molecule has 0 aliphatic heterocycles. The number of hydrogen-bond acceptors (Lipinski definition) is 6. The van der Waals surface area contributed by atoms with Gasteiger partial charge in [0.05, 0.1) is 19.3 Å². The van der Waals surface area contributed by atoms with Crippen molar-refractivity contribution in [3.8, 4) is 5.75 Å². The van der Waals surface area contributed by atoms with Gasteiger partial charge in [0, 0.05) is 11.8 Å². The van der Waals surface area contributed by atoms with Gasteiger partial charge in [-0.1, -0.05) is 12.1 Å². The fourth-order valence-electron chi connectivity index (χ4n) is 2.17. The molecule has 0 aliphatic carbocycles. The molecule has 0 aromatic heterocycles. The highest BCUT2D eigenvalue weighted by atomic mass is 16.5. The summed E-state index contributed by atoms with van der Waals surface area (Å²) in [5.41, 5.74) is 1.65. The summed E-state index contributed by atoms with van der Waals surface area (Å²) in [7, 11) is 1.57. The van der Waals surface area contributed by atoms with Crippen molar-refractivity contribution in [1.82, 2.24) is 0 Å². The normalized spacial score (nSPS) is 10.4. The number of carbonyl (C=O) groups excluding carboxylic acids is 3. The van der Waals surface area contributed by atoms with E-state index in [4.69, 9.17) is 14.2 Å². The van der Waals surface area contributed by atoms with E-state index in [9.17, 15) is 14.4 Å². The fourth-order valence-corrected chi connectivity index (χ4v) is 2.17. The van der Waals surface area contributed by atoms with E-state index in [2.05, 4.69) is 5.32 Å². The summed E-state index contributed by atoms with van der Waals surface area (Å²) in [5.74, 6) is -0.844. The molecule has 146 valence electrons. The van der Waals surface area contributed by atoms with Crippen molar-refractivity contribution in [1.29, 1.82) is 0 Å². The topological polar surface area (TPSA) is 90.9 Å². The number of amides is 1. The van der Waals surface area contributed by atoms with Crippen LogP contribution in [0.5, 0.6) is 5.75 Å². The predicted octanol–water partition coefficient (Wildman–Crippen LogP) is 3.07. The maximum absolute atomic E-state index is 11.9. The molecular weight excluding hydrogens is 362 g/mol. The SMILES string of the molecule is CCOC(=O)c1ccc(NC(=O)COC(=O)/C=C\c2ccc(OC)cc2)cc1. The van der Waals surface area contributed by atoms with Crippen LogP contribution in [0.3, 0.4) is 0 Å². The Balaban J connectivity index is 1.78. The molecule has 0 radical (unpaired) electrons. The van der Waals surface area contributed by atoms with Crippen LogP contribution >= 0.6 is 0 Å². The summed E-state index contributed by atoms with van der Waals surface area (Å²) in [6.07, 6.45) is 2.82. The van der Waals surface area contributed by atoms with Crippen molar-refractivity contribution in [3.63, 3.8) is 0 Å². The van der Waals surface area contributed by atoms with Gasteiger partial charge < -0.3 is 19.5 Å². The van der Waals surface area contributed by atoms with E-state index in [1.165, 1.54) is 18.2 Å². The van der Waals surface area contributed by atoms with Crippen molar-refractivity contribution < 1.29 is 28.6 Å². The van der Waals surface area contributed by atoms with Gasteiger partial charge in [-0.25, -0.2) is 9.59 Å². The Labute approximate surface area is 162 Å². The van der Waals surface area contributed by atoms with Gasteiger partial charge in [0.2, 0.25) is 0 Å². The fraction of sp³-hybridized carbons (Fsp3) is 0.190. The zero-order valence-electron chi connectivity index (χ0n) is 15.6. The smallest absolute Gasteiger partial charge is 0.338 e. The quantitative estimate of drug-likeness (QED) is 0.556. The van der Waals surface area contributed by atoms with Crippen molar-refractivity contribution in [2.75, 3.05) is 25.6 Å². The molecule has 0 unspecified atom stereocenters. The third-order valence-corrected chi connectivity index (χ3v) is 3.55. The lowest BCUT2D eigenvalue weighted by atomic mass is 10.2. The molecule has 2 rings (SSSR count). The Morgan fingerprint density at radius 1 is 0.964 bits per heavy atom. The van der Waals surface area contributed by atoms with E-state index in [1.807, 2.05) is 0 Å². The second kappa shape index (κ2) is 10.5. The highest BCUT2D eigenvalue weighted by molar-refractivity contribution is 5.95. The average Bonchev–Trinajstić information content (AvgIpc) is 2.71. The van der Waals surface area contributed by atoms with Crippen LogP contribution in [0.4, 0.5) is 5.69 Å². The molecule has 0 aliphatic rings. The molecule has 0 atom stereocenters. The van der Waals surface area contributed by atoms with E-state index in [-0.39, 0.29) is 6.61 Å². The first-order valence-corrected chi connectivity index (χ1v) is 8.57. The van der Waals surface area contributed by atoms with Crippen molar-refractivity contribution in [3.05, 3.63) is 65.7 Å². The van der Waals surface area contributed by atoms with Gasteiger partial charge in [0.1, 0.15) is 5.75 Å². The summed E-state index contributed by atoms with van der Waals surface area (Å²) in [5, 5.41) is 2.58. The number of hydrogen-bond donors (Lipinski definition) is 1. The number of benzene rings is 2. The number of nitrogens with one attached hydrogen (secondary N) is 1. The molecule has 0 fully saturated rings. The van der Waals surface area contributed by atoms with Crippen LogP contribution in [-0.4, -0.2) is 38.2 Å². The van der Waals surface area contributed by atoms with Crippen LogP contribution in [0.25, 0.3) is 6.08 Å². The Kier molecular flexibility index (Phi) is 7.77. The molecule has 0 saturated carbocycles. The van der Waals surface area contributed by atoms with Crippen LogP contribution in [0.1, 0.15) is 22.8 Å². The minimum Gasteiger partial charge on any atom is -0.497 e. The molecule has 2 aromatic carbocycles. The first kappa shape index (κ1) is 20.7. The summed E-state index contributed by atoms with van der Waals surface area (Å²) in [6, 6.07) is 13.3. The lowest BCUT2D eigenvalue weighted by Crippen LogP contribution is -2.20. The molecule has 1 amide bonds. The Morgan fingerprint density at radius 2 is 1.64 bits per heavy atom. The third kappa shape index (κ3) is 6.60. The van der Waals surface area contributed by atoms with Gasteiger partial charge in [-0.15, -0.1) is 0 Å². The molecule has 7 nitrogen and oxygen atoms in total. The molecule has 7 heteroatoms. The second-order valence-electron chi connectivity index (χ2n) is 5.56. The van der Waals surface area contributed by atoms with E-state index in [0.717, 1.165) is 5.56 Å². The minimum atomic E-state index is -0.636. The van der Waals surface area contributed by atoms with E-state index < -0.39 is 24.5 Å². The Hall–Kier alpha value is -3.61. The van der Waals surface area contributed by atoms with Gasteiger partial charge >= 0.3 is 11.9 Å².